The molecule has 84 heavy (non-hydrogen) atoms. The number of ether oxygens (including phenoxy) is 3. The normalized spacial score (nSPS) is 16.2. The highest BCUT2D eigenvalue weighted by Gasteiger charge is 2.54. The number of benzene rings is 4. The molecule has 0 fully saturated rings. The van der Waals surface area contributed by atoms with Gasteiger partial charge in [0.2, 0.25) is 11.6 Å². The van der Waals surface area contributed by atoms with E-state index in [9.17, 15) is 35.5 Å². The molecule has 0 atom stereocenters. The van der Waals surface area contributed by atoms with Gasteiger partial charge in [-0.1, -0.05) is 49.4 Å². The van der Waals surface area contributed by atoms with Crippen molar-refractivity contribution in [3.63, 3.8) is 0 Å². The van der Waals surface area contributed by atoms with Crippen LogP contribution in [0.25, 0.3) is 11.0 Å². The number of carbonyl (C=O) groups is 2. The van der Waals surface area contributed by atoms with E-state index in [0.717, 1.165) is 44.4 Å². The number of nitrogens with zero attached hydrogens (tertiary/aromatic N) is 6. The molecule has 3 aliphatic rings. The van der Waals surface area contributed by atoms with Crippen molar-refractivity contribution in [3.05, 3.63) is 143 Å². The molecule has 0 saturated carbocycles. The Hall–Kier alpha value is -7.72. The van der Waals surface area contributed by atoms with Gasteiger partial charge in [-0.2, -0.15) is 26.5 Å². The summed E-state index contributed by atoms with van der Waals surface area (Å²) in [6.45, 7) is 20.3. The van der Waals surface area contributed by atoms with E-state index in [1.807, 2.05) is 134 Å². The molecule has 0 spiro atoms. The van der Waals surface area contributed by atoms with Gasteiger partial charge >= 0.3 is 0 Å². The van der Waals surface area contributed by atoms with E-state index in [0.29, 0.717) is 65.7 Å². The van der Waals surface area contributed by atoms with Crippen LogP contribution in [0.2, 0.25) is 0 Å². The Morgan fingerprint density at radius 1 is 0.893 bits per heavy atom. The second kappa shape index (κ2) is 23.4. The van der Waals surface area contributed by atoms with Crippen molar-refractivity contribution in [1.29, 1.82) is 0 Å². The van der Waals surface area contributed by atoms with Gasteiger partial charge in [-0.05, 0) is 138 Å². The summed E-state index contributed by atoms with van der Waals surface area (Å²) >= 11 is 1.29. The Morgan fingerprint density at radius 2 is 1.61 bits per heavy atom. The van der Waals surface area contributed by atoms with Crippen LogP contribution < -0.4 is 24.4 Å². The number of para-hydroxylation sites is 1. The number of hydrogen-bond acceptors (Lipinski definition) is 15. The largest absolute Gasteiger partial charge is 0.496 e. The fourth-order valence-electron chi connectivity index (χ4n) is 11.1. The first-order valence-corrected chi connectivity index (χ1v) is 30.9. The van der Waals surface area contributed by atoms with Gasteiger partial charge in [-0.15, -0.1) is 6.42 Å². The number of hydrogen-bond donors (Lipinski definition) is 4. The number of rotatable bonds is 22. The monoisotopic (exact) mass is 1200 g/mol. The van der Waals surface area contributed by atoms with Crippen LogP contribution in [0.3, 0.4) is 0 Å². The Bertz CT molecular complexity index is 4000. The Labute approximate surface area is 494 Å². The molecule has 0 unspecified atom stereocenters. The maximum Gasteiger partial charge on any atom is 0.298 e. The molecule has 442 valence electrons. The molecule has 5 heterocycles. The number of anilines is 2. The van der Waals surface area contributed by atoms with E-state index >= 15 is 0 Å². The Balaban J connectivity index is 0.815. The third kappa shape index (κ3) is 11.6. The van der Waals surface area contributed by atoms with Gasteiger partial charge in [0.25, 0.3) is 26.1 Å². The highest BCUT2D eigenvalue weighted by Crippen LogP contribution is 2.55. The van der Waals surface area contributed by atoms with Gasteiger partial charge in [0.15, 0.2) is 17.1 Å². The van der Waals surface area contributed by atoms with Gasteiger partial charge in [-0.25, -0.2) is 0 Å². The molecule has 0 bridgehead atoms. The SMILES string of the molecule is C#CC(=O)N1Cc2cnn(Cc3cc(OC)c4c(NSc5ccccc5OCCOCCNC(=O)C(C)(C)C(C)(C)N5/C(=C/C=C/C=C/C6=[N+](CC)c7ccc(S(=O)(=O)O)cc7C6(C)C)C(C)(C)c6cc(S(=O)(=O)O)ccc65)noc4c3)c2C1. The lowest BCUT2D eigenvalue weighted by Crippen LogP contribution is -2.59. The number of aromatic nitrogens is 3. The lowest BCUT2D eigenvalue weighted by Gasteiger charge is -2.49. The average molecular weight is 1200 g/mol. The van der Waals surface area contributed by atoms with Crippen molar-refractivity contribution in [2.75, 3.05) is 49.6 Å². The van der Waals surface area contributed by atoms with E-state index in [1.54, 1.807) is 30.3 Å². The molecule has 4 N–H and O–H groups in total. The first kappa shape index (κ1) is 60.9. The van der Waals surface area contributed by atoms with Gasteiger partial charge < -0.3 is 38.6 Å². The molecular weight excluding hydrogens is 1130 g/mol. The molecule has 3 aliphatic heterocycles. The molecule has 2 amide bonds. The smallest absolute Gasteiger partial charge is 0.298 e. The summed E-state index contributed by atoms with van der Waals surface area (Å²) in [7, 11) is -7.38. The first-order valence-electron chi connectivity index (χ1n) is 27.2. The Morgan fingerprint density at radius 3 is 2.31 bits per heavy atom. The molecule has 0 aliphatic carbocycles. The minimum atomic E-state index is -4.55. The minimum Gasteiger partial charge on any atom is -0.496 e. The minimum absolute atomic E-state index is 0.169. The summed E-state index contributed by atoms with van der Waals surface area (Å²) in [6, 6.07) is 20.4. The zero-order valence-corrected chi connectivity index (χ0v) is 51.0. The van der Waals surface area contributed by atoms with Gasteiger partial charge in [0.1, 0.15) is 30.0 Å². The van der Waals surface area contributed by atoms with Crippen molar-refractivity contribution in [3.8, 4) is 23.8 Å². The van der Waals surface area contributed by atoms with Crippen molar-refractivity contribution in [1.82, 2.24) is 25.2 Å². The molecule has 2 aromatic heterocycles. The van der Waals surface area contributed by atoms with Crippen LogP contribution in [-0.4, -0.2) is 113 Å². The number of nitrogens with one attached hydrogen (secondary N) is 2. The van der Waals surface area contributed by atoms with E-state index in [2.05, 4.69) is 35.7 Å². The van der Waals surface area contributed by atoms with Crippen molar-refractivity contribution >= 4 is 77.9 Å². The number of allylic oxidation sites excluding steroid dienone is 6. The van der Waals surface area contributed by atoms with Crippen LogP contribution in [0, 0.1) is 17.8 Å². The number of amides is 2. The van der Waals surface area contributed by atoms with Crippen LogP contribution in [-0.2, 0) is 65.0 Å². The van der Waals surface area contributed by atoms with Crippen LogP contribution >= 0.6 is 11.9 Å². The fraction of sp³-hybridized carbons (Fsp3) is 0.361. The number of carbonyl (C=O) groups excluding carboxylic acids is 2. The lowest BCUT2D eigenvalue weighted by atomic mass is 9.72. The maximum absolute atomic E-state index is 14.4. The molecule has 23 heteroatoms. The van der Waals surface area contributed by atoms with Crippen molar-refractivity contribution < 1.29 is 58.8 Å². The third-order valence-corrected chi connectivity index (χ3v) is 18.9. The molecule has 0 saturated heterocycles. The second-order valence-corrected chi connectivity index (χ2v) is 26.3. The van der Waals surface area contributed by atoms with Crippen LogP contribution in [0.5, 0.6) is 11.5 Å². The third-order valence-electron chi connectivity index (χ3n) is 16.3. The summed E-state index contributed by atoms with van der Waals surface area (Å²) in [5.74, 6) is 3.19. The van der Waals surface area contributed by atoms with Gasteiger partial charge in [0.05, 0.1) is 82.9 Å². The van der Waals surface area contributed by atoms with E-state index < -0.39 is 42.0 Å². The quantitative estimate of drug-likeness (QED) is 0.0123. The standard InChI is InChI=1S/C61H68N8O12S3/c1-12-54(70)66-37-40-35-63-68(47(40)38-66)36-39-31-49(78-11)55-50(32-39)81-64-56(55)65-82-51-20-18-17-19-48(51)80-30-29-79-28-27-62-57(71)60(7,8)61(9,10)69-46-26-24-42(84(75,76)77)34-44(46)59(5,6)53(69)22-16-14-15-21-52-58(3,4)43-33-41(83(72,73)74)23-25-45(43)67(52)13-2/h1,14-26,31-35H,13,27-30,36-38H2,2-11H3,(H3-,62,64,65,71,72,73,74,75,76,77)/p+1. The van der Waals surface area contributed by atoms with Crippen molar-refractivity contribution in [2.45, 2.75) is 113 Å². The Kier molecular flexibility index (Phi) is 16.9. The zero-order valence-electron chi connectivity index (χ0n) is 48.5. The number of fused-ring (bicyclic) bond motifs is 4. The summed E-state index contributed by atoms with van der Waals surface area (Å²) < 4.78 is 99.8. The predicted molar refractivity (Wildman–Crippen MR) is 321 cm³/mol. The number of terminal acetylenes is 1. The van der Waals surface area contributed by atoms with Crippen molar-refractivity contribution in [2.24, 2.45) is 5.41 Å². The summed E-state index contributed by atoms with van der Waals surface area (Å²) in [5, 5.41) is 12.6. The molecule has 4 aromatic carbocycles. The molecule has 20 nitrogen and oxygen atoms in total. The van der Waals surface area contributed by atoms with E-state index in [4.69, 9.17) is 25.2 Å². The molecular formula is C61H69N8O12S3+. The maximum atomic E-state index is 14.4. The molecule has 9 rings (SSSR count). The zero-order chi connectivity index (χ0) is 60.7. The topological polar surface area (TPSA) is 248 Å². The summed E-state index contributed by atoms with van der Waals surface area (Å²) in [5.41, 5.74) is 4.46. The summed E-state index contributed by atoms with van der Waals surface area (Å²) in [4.78, 5) is 30.5. The van der Waals surface area contributed by atoms with Crippen LogP contribution in [0.1, 0.15) is 90.3 Å². The number of methoxy groups -OCH3 is 1. The highest BCUT2D eigenvalue weighted by molar-refractivity contribution is 8.00. The average Bonchev–Trinajstić information content (AvgIpc) is 1.92. The van der Waals surface area contributed by atoms with Crippen LogP contribution in [0.4, 0.5) is 17.2 Å². The lowest BCUT2D eigenvalue weighted by molar-refractivity contribution is -0.433. The summed E-state index contributed by atoms with van der Waals surface area (Å²) in [6.07, 6.45) is 16.7. The highest BCUT2D eigenvalue weighted by atomic mass is 32.2. The van der Waals surface area contributed by atoms with Gasteiger partial charge in [-0.3, -0.25) is 23.4 Å². The fourth-order valence-corrected chi connectivity index (χ4v) is 12.8. The van der Waals surface area contributed by atoms with E-state index in [-0.39, 0.29) is 48.0 Å². The second-order valence-electron chi connectivity index (χ2n) is 22.7. The van der Waals surface area contributed by atoms with Crippen LogP contribution in [0.15, 0.2) is 134 Å². The first-order chi connectivity index (χ1) is 39.6. The molecule has 0 radical (unpaired) electrons. The van der Waals surface area contributed by atoms with Gasteiger partial charge in [0, 0.05) is 46.6 Å². The predicted octanol–water partition coefficient (Wildman–Crippen LogP) is 9.38. The molecule has 6 aromatic rings. The van der Waals surface area contributed by atoms with E-state index in [1.165, 1.54) is 36.2 Å².